The van der Waals surface area contributed by atoms with E-state index in [-0.39, 0.29) is 11.9 Å². The molecule has 3 rings (SSSR count). The van der Waals surface area contributed by atoms with Crippen molar-refractivity contribution in [2.24, 2.45) is 0 Å². The first-order valence-corrected chi connectivity index (χ1v) is 6.95. The molecule has 3 aromatic rings. The smallest absolute Gasteiger partial charge is 0.222 e. The average Bonchev–Trinajstić information content (AvgIpc) is 2.47. The van der Waals surface area contributed by atoms with Gasteiger partial charge in [-0.25, -0.2) is 4.98 Å². The van der Waals surface area contributed by atoms with E-state index in [1.54, 1.807) is 0 Å². The summed E-state index contributed by atoms with van der Waals surface area (Å²) in [4.78, 5) is 8.34. The first kappa shape index (κ1) is 13.4. The quantitative estimate of drug-likeness (QED) is 0.754. The lowest BCUT2D eigenvalue weighted by Crippen LogP contribution is -2.04. The predicted molar refractivity (Wildman–Crippen MR) is 87.1 cm³/mol. The maximum Gasteiger partial charge on any atom is 0.222 e. The predicted octanol–water partition coefficient (Wildman–Crippen LogP) is 3.25. The molecule has 1 atom stereocenters. The number of nitrogen functional groups attached to an aromatic ring is 2. The third-order valence-electron chi connectivity index (χ3n) is 3.98. The fourth-order valence-electron chi connectivity index (χ4n) is 2.85. The number of benzene rings is 2. The Morgan fingerprint density at radius 1 is 0.952 bits per heavy atom. The Hall–Kier alpha value is -2.62. The molecule has 0 saturated carbocycles. The van der Waals surface area contributed by atoms with Crippen molar-refractivity contribution < 1.29 is 0 Å². The van der Waals surface area contributed by atoms with E-state index in [0.29, 0.717) is 5.82 Å². The molecular weight excluding hydrogens is 260 g/mol. The number of aromatic nitrogens is 2. The highest BCUT2D eigenvalue weighted by molar-refractivity contribution is 5.92. The largest absolute Gasteiger partial charge is 0.383 e. The Morgan fingerprint density at radius 2 is 1.67 bits per heavy atom. The normalized spacial score (nSPS) is 12.5. The standard InChI is InChI=1S/C17H18N4/c1-10(12-6-4-3-5-7-12)13-8-9-14-15(11(13)2)16(18)21-17(19)20-14/h3-10H,1-2H3,(H4,18,19,20,21). The summed E-state index contributed by atoms with van der Waals surface area (Å²) in [5.74, 6) is 0.938. The summed E-state index contributed by atoms with van der Waals surface area (Å²) in [6.45, 7) is 4.25. The molecule has 2 aromatic carbocycles. The Morgan fingerprint density at radius 3 is 2.38 bits per heavy atom. The Kier molecular flexibility index (Phi) is 3.22. The van der Waals surface area contributed by atoms with Gasteiger partial charge in [-0.3, -0.25) is 0 Å². The van der Waals surface area contributed by atoms with Gasteiger partial charge < -0.3 is 11.5 Å². The second-order valence-electron chi connectivity index (χ2n) is 5.27. The fourth-order valence-corrected chi connectivity index (χ4v) is 2.85. The van der Waals surface area contributed by atoms with Gasteiger partial charge in [-0.05, 0) is 29.7 Å². The highest BCUT2D eigenvalue weighted by Gasteiger charge is 2.15. The lowest BCUT2D eigenvalue weighted by molar-refractivity contribution is 0.913. The van der Waals surface area contributed by atoms with Gasteiger partial charge in [0.05, 0.1) is 5.52 Å². The van der Waals surface area contributed by atoms with Crippen molar-refractivity contribution >= 4 is 22.7 Å². The lowest BCUT2D eigenvalue weighted by Gasteiger charge is -2.17. The van der Waals surface area contributed by atoms with Crippen LogP contribution >= 0.6 is 0 Å². The second-order valence-corrected chi connectivity index (χ2v) is 5.27. The van der Waals surface area contributed by atoms with Gasteiger partial charge >= 0.3 is 0 Å². The van der Waals surface area contributed by atoms with E-state index < -0.39 is 0 Å². The molecule has 0 radical (unpaired) electrons. The van der Waals surface area contributed by atoms with E-state index in [1.165, 1.54) is 11.1 Å². The minimum atomic E-state index is 0.211. The monoisotopic (exact) mass is 278 g/mol. The van der Waals surface area contributed by atoms with Crippen LogP contribution in [0.4, 0.5) is 11.8 Å². The number of hydrogen-bond acceptors (Lipinski definition) is 4. The van der Waals surface area contributed by atoms with Crippen LogP contribution in [0.3, 0.4) is 0 Å². The third-order valence-corrected chi connectivity index (χ3v) is 3.98. The van der Waals surface area contributed by atoms with Crippen molar-refractivity contribution in [2.75, 3.05) is 11.5 Å². The second kappa shape index (κ2) is 5.05. The number of aryl methyl sites for hydroxylation is 1. The summed E-state index contributed by atoms with van der Waals surface area (Å²) in [6, 6.07) is 14.5. The van der Waals surface area contributed by atoms with E-state index in [4.69, 9.17) is 11.5 Å². The fraction of sp³-hybridized carbons (Fsp3) is 0.176. The molecule has 1 heterocycles. The molecule has 0 spiro atoms. The van der Waals surface area contributed by atoms with Crippen LogP contribution < -0.4 is 11.5 Å². The summed E-state index contributed by atoms with van der Waals surface area (Å²) in [7, 11) is 0. The van der Waals surface area contributed by atoms with Crippen LogP contribution in [0.2, 0.25) is 0 Å². The topological polar surface area (TPSA) is 77.8 Å². The zero-order valence-electron chi connectivity index (χ0n) is 12.2. The van der Waals surface area contributed by atoms with E-state index in [0.717, 1.165) is 16.5 Å². The number of nitrogens with zero attached hydrogens (tertiary/aromatic N) is 2. The van der Waals surface area contributed by atoms with Crippen molar-refractivity contribution in [1.29, 1.82) is 0 Å². The van der Waals surface area contributed by atoms with Gasteiger partial charge in [-0.2, -0.15) is 4.98 Å². The maximum atomic E-state index is 6.03. The molecular formula is C17H18N4. The average molecular weight is 278 g/mol. The molecule has 21 heavy (non-hydrogen) atoms. The van der Waals surface area contributed by atoms with Crippen molar-refractivity contribution in [1.82, 2.24) is 9.97 Å². The summed E-state index contributed by atoms with van der Waals surface area (Å²) in [5, 5.41) is 0.893. The van der Waals surface area contributed by atoms with Gasteiger partial charge in [-0.1, -0.05) is 43.3 Å². The van der Waals surface area contributed by atoms with Gasteiger partial charge in [0.25, 0.3) is 0 Å². The van der Waals surface area contributed by atoms with Crippen LogP contribution in [0.5, 0.6) is 0 Å². The Balaban J connectivity index is 2.19. The minimum absolute atomic E-state index is 0.211. The molecule has 0 amide bonds. The first-order chi connectivity index (χ1) is 10.1. The van der Waals surface area contributed by atoms with Crippen LogP contribution in [0.1, 0.15) is 29.5 Å². The molecule has 0 fully saturated rings. The number of hydrogen-bond donors (Lipinski definition) is 2. The SMILES string of the molecule is Cc1c(C(C)c2ccccc2)ccc2nc(N)nc(N)c12. The molecule has 4 N–H and O–H groups in total. The van der Waals surface area contributed by atoms with Crippen LogP contribution in [-0.4, -0.2) is 9.97 Å². The molecule has 106 valence electrons. The van der Waals surface area contributed by atoms with Crippen LogP contribution in [0.15, 0.2) is 42.5 Å². The van der Waals surface area contributed by atoms with Gasteiger partial charge in [-0.15, -0.1) is 0 Å². The van der Waals surface area contributed by atoms with Gasteiger partial charge in [0.15, 0.2) is 0 Å². The molecule has 4 nitrogen and oxygen atoms in total. The van der Waals surface area contributed by atoms with Crippen molar-refractivity contribution in [3.8, 4) is 0 Å². The van der Waals surface area contributed by atoms with Crippen LogP contribution in [0.25, 0.3) is 10.9 Å². The molecule has 0 bridgehead atoms. The minimum Gasteiger partial charge on any atom is -0.383 e. The molecule has 4 heteroatoms. The molecule has 1 unspecified atom stereocenters. The highest BCUT2D eigenvalue weighted by atomic mass is 15.0. The van der Waals surface area contributed by atoms with E-state index in [9.17, 15) is 0 Å². The van der Waals surface area contributed by atoms with E-state index in [1.807, 2.05) is 12.1 Å². The zero-order valence-corrected chi connectivity index (χ0v) is 12.2. The van der Waals surface area contributed by atoms with Gasteiger partial charge in [0.2, 0.25) is 5.95 Å². The maximum absolute atomic E-state index is 6.03. The summed E-state index contributed by atoms with van der Waals surface area (Å²) >= 11 is 0. The molecule has 0 aliphatic heterocycles. The highest BCUT2D eigenvalue weighted by Crippen LogP contribution is 2.32. The molecule has 1 aromatic heterocycles. The Labute approximate surface area is 123 Å². The van der Waals surface area contributed by atoms with E-state index >= 15 is 0 Å². The van der Waals surface area contributed by atoms with Crippen molar-refractivity contribution in [3.05, 3.63) is 59.2 Å². The third kappa shape index (κ3) is 2.29. The van der Waals surface area contributed by atoms with Crippen molar-refractivity contribution in [3.63, 3.8) is 0 Å². The molecule has 0 aliphatic rings. The zero-order chi connectivity index (χ0) is 15.0. The summed E-state index contributed by atoms with van der Waals surface area (Å²) < 4.78 is 0. The van der Waals surface area contributed by atoms with Gasteiger partial charge in [0, 0.05) is 11.3 Å². The summed E-state index contributed by atoms with van der Waals surface area (Å²) in [5.41, 5.74) is 16.1. The number of anilines is 2. The van der Waals surface area contributed by atoms with Crippen LogP contribution in [-0.2, 0) is 0 Å². The first-order valence-electron chi connectivity index (χ1n) is 6.95. The lowest BCUT2D eigenvalue weighted by atomic mass is 9.88. The number of nitrogens with two attached hydrogens (primary N) is 2. The van der Waals surface area contributed by atoms with Gasteiger partial charge in [0.1, 0.15) is 5.82 Å². The van der Waals surface area contributed by atoms with E-state index in [2.05, 4.69) is 54.1 Å². The number of rotatable bonds is 2. The Bertz CT molecular complexity index is 797. The van der Waals surface area contributed by atoms with Crippen LogP contribution in [0, 0.1) is 6.92 Å². The number of fused-ring (bicyclic) bond motifs is 1. The summed E-state index contributed by atoms with van der Waals surface area (Å²) in [6.07, 6.45) is 0. The van der Waals surface area contributed by atoms with Crippen molar-refractivity contribution in [2.45, 2.75) is 19.8 Å². The molecule has 0 saturated heterocycles. The molecule has 0 aliphatic carbocycles.